The predicted octanol–water partition coefficient (Wildman–Crippen LogP) is 3.51. The number of nitrogens with zero attached hydrogens (tertiary/aromatic N) is 1. The summed E-state index contributed by atoms with van der Waals surface area (Å²) in [5.41, 5.74) is 2.61. The largest absolute Gasteiger partial charge is 0.355 e. The molecule has 5 nitrogen and oxygen atoms in total. The van der Waals surface area contributed by atoms with Gasteiger partial charge in [0.25, 0.3) is 10.0 Å². The number of piperidine rings is 1. The minimum absolute atomic E-state index is 0.0393. The predicted molar refractivity (Wildman–Crippen MR) is 116 cm³/mol. The van der Waals surface area contributed by atoms with E-state index in [2.05, 4.69) is 24.4 Å². The Bertz CT molecular complexity index is 882. The highest BCUT2D eigenvalue weighted by atomic mass is 32.2. The van der Waals surface area contributed by atoms with E-state index in [4.69, 9.17) is 0 Å². The summed E-state index contributed by atoms with van der Waals surface area (Å²) in [6.07, 6.45) is 1.45. The second-order valence-electron chi connectivity index (χ2n) is 6.90. The van der Waals surface area contributed by atoms with E-state index in [1.807, 2.05) is 12.1 Å². The quantitative estimate of drug-likeness (QED) is 0.641. The van der Waals surface area contributed by atoms with Crippen LogP contribution in [0.15, 0.2) is 46.0 Å². The molecule has 0 spiro atoms. The Morgan fingerprint density at radius 3 is 2.86 bits per heavy atom. The minimum atomic E-state index is -3.48. The Kier molecular flexibility index (Phi) is 7.56. The van der Waals surface area contributed by atoms with E-state index in [1.165, 1.54) is 26.8 Å². The van der Waals surface area contributed by atoms with E-state index in [1.54, 1.807) is 29.3 Å². The van der Waals surface area contributed by atoms with Crippen molar-refractivity contribution in [2.45, 2.75) is 29.7 Å². The molecule has 1 aliphatic rings. The van der Waals surface area contributed by atoms with Gasteiger partial charge in [0, 0.05) is 31.1 Å². The number of aryl methyl sites for hydroxylation is 1. The van der Waals surface area contributed by atoms with Crippen molar-refractivity contribution in [2.24, 2.45) is 5.92 Å². The highest BCUT2D eigenvalue weighted by Crippen LogP contribution is 2.26. The zero-order valence-corrected chi connectivity index (χ0v) is 18.4. The monoisotopic (exact) mass is 438 g/mol. The van der Waals surface area contributed by atoms with Gasteiger partial charge in [-0.3, -0.25) is 4.79 Å². The van der Waals surface area contributed by atoms with Gasteiger partial charge in [0.2, 0.25) is 5.91 Å². The van der Waals surface area contributed by atoms with Gasteiger partial charge in [-0.1, -0.05) is 30.3 Å². The van der Waals surface area contributed by atoms with E-state index >= 15 is 0 Å². The fourth-order valence-electron chi connectivity index (χ4n) is 3.26. The van der Waals surface area contributed by atoms with Crippen LogP contribution in [-0.2, 0) is 20.6 Å². The van der Waals surface area contributed by atoms with Crippen molar-refractivity contribution in [2.75, 3.05) is 25.4 Å². The molecule has 1 saturated heterocycles. The van der Waals surface area contributed by atoms with Crippen LogP contribution >= 0.6 is 23.1 Å². The van der Waals surface area contributed by atoms with Gasteiger partial charge in [-0.25, -0.2) is 8.42 Å². The van der Waals surface area contributed by atoms with Crippen molar-refractivity contribution in [1.82, 2.24) is 9.62 Å². The SMILES string of the molecule is Cc1ccccc1CSCCNC(=O)C1CCCN(S(=O)(=O)c2cccs2)C1. The van der Waals surface area contributed by atoms with Crippen molar-refractivity contribution in [1.29, 1.82) is 0 Å². The van der Waals surface area contributed by atoms with Crippen molar-refractivity contribution in [3.8, 4) is 0 Å². The summed E-state index contributed by atoms with van der Waals surface area (Å²) in [4.78, 5) is 12.5. The van der Waals surface area contributed by atoms with Crippen molar-refractivity contribution in [3.05, 3.63) is 52.9 Å². The third-order valence-electron chi connectivity index (χ3n) is 4.91. The summed E-state index contributed by atoms with van der Waals surface area (Å²) >= 11 is 3.01. The Balaban J connectivity index is 1.44. The normalized spacial score (nSPS) is 18.1. The van der Waals surface area contributed by atoms with Gasteiger partial charge in [0.05, 0.1) is 5.92 Å². The molecule has 1 N–H and O–H groups in total. The molecule has 0 bridgehead atoms. The summed E-state index contributed by atoms with van der Waals surface area (Å²) in [5.74, 6) is 1.45. The first kappa shape index (κ1) is 21.4. The molecule has 1 atom stereocenters. The lowest BCUT2D eigenvalue weighted by atomic mass is 9.99. The number of sulfonamides is 1. The molecule has 1 fully saturated rings. The molecule has 1 amide bonds. The molecule has 8 heteroatoms. The topological polar surface area (TPSA) is 66.5 Å². The maximum Gasteiger partial charge on any atom is 0.252 e. The van der Waals surface area contributed by atoms with E-state index < -0.39 is 10.0 Å². The number of thioether (sulfide) groups is 1. The van der Waals surface area contributed by atoms with E-state index in [9.17, 15) is 13.2 Å². The summed E-state index contributed by atoms with van der Waals surface area (Å²) in [5, 5.41) is 4.74. The highest BCUT2D eigenvalue weighted by molar-refractivity contribution is 7.98. The second-order valence-corrected chi connectivity index (χ2v) is 11.1. The van der Waals surface area contributed by atoms with Gasteiger partial charge >= 0.3 is 0 Å². The number of amides is 1. The second kappa shape index (κ2) is 9.91. The maximum absolute atomic E-state index is 12.7. The first-order valence-corrected chi connectivity index (χ1v) is 12.9. The summed E-state index contributed by atoms with van der Waals surface area (Å²) in [6, 6.07) is 11.7. The minimum Gasteiger partial charge on any atom is -0.355 e. The number of rotatable bonds is 8. The molecular formula is C20H26N2O3S3. The molecule has 28 heavy (non-hydrogen) atoms. The van der Waals surface area contributed by atoms with Crippen LogP contribution in [0.25, 0.3) is 0 Å². The molecular weight excluding hydrogens is 412 g/mol. The number of carbonyl (C=O) groups is 1. The molecule has 152 valence electrons. The third-order valence-corrected chi connectivity index (χ3v) is 9.15. The number of hydrogen-bond acceptors (Lipinski definition) is 5. The van der Waals surface area contributed by atoms with Crippen molar-refractivity contribution < 1.29 is 13.2 Å². The summed E-state index contributed by atoms with van der Waals surface area (Å²) in [7, 11) is -3.48. The third kappa shape index (κ3) is 5.37. The average Bonchev–Trinajstić information content (AvgIpc) is 3.25. The van der Waals surface area contributed by atoms with Crippen LogP contribution in [0.2, 0.25) is 0 Å². The molecule has 2 aromatic rings. The van der Waals surface area contributed by atoms with Gasteiger partial charge < -0.3 is 5.32 Å². The Morgan fingerprint density at radius 2 is 2.11 bits per heavy atom. The Morgan fingerprint density at radius 1 is 1.29 bits per heavy atom. The summed E-state index contributed by atoms with van der Waals surface area (Å²) in [6.45, 7) is 3.46. The molecule has 1 aromatic heterocycles. The lowest BCUT2D eigenvalue weighted by molar-refractivity contribution is -0.125. The maximum atomic E-state index is 12.7. The fourth-order valence-corrected chi connectivity index (χ4v) is 6.86. The van der Waals surface area contributed by atoms with Gasteiger partial charge in [0.15, 0.2) is 0 Å². The smallest absolute Gasteiger partial charge is 0.252 e. The number of thiophene rings is 1. The van der Waals surface area contributed by atoms with Crippen molar-refractivity contribution in [3.63, 3.8) is 0 Å². The number of benzene rings is 1. The molecule has 0 radical (unpaired) electrons. The molecule has 2 heterocycles. The molecule has 1 aromatic carbocycles. The number of nitrogens with one attached hydrogen (secondary N) is 1. The van der Waals surface area contributed by atoms with Crippen LogP contribution in [0.5, 0.6) is 0 Å². The van der Waals surface area contributed by atoms with E-state index in [0.29, 0.717) is 23.7 Å². The van der Waals surface area contributed by atoms with Crippen LogP contribution in [0.4, 0.5) is 0 Å². The number of hydrogen-bond donors (Lipinski definition) is 1. The highest BCUT2D eigenvalue weighted by Gasteiger charge is 2.33. The standard InChI is InChI=1S/C20H26N2O3S3/c1-16-6-2-3-7-18(16)15-26-13-10-21-20(23)17-8-4-11-22(14-17)28(24,25)19-9-5-12-27-19/h2-3,5-7,9,12,17H,4,8,10-11,13-15H2,1H3,(H,21,23). The zero-order chi connectivity index (χ0) is 20.0. The first-order valence-electron chi connectivity index (χ1n) is 9.42. The molecule has 1 unspecified atom stereocenters. The van der Waals surface area contributed by atoms with E-state index in [0.717, 1.165) is 17.9 Å². The number of carbonyl (C=O) groups excluding carboxylic acids is 1. The van der Waals surface area contributed by atoms with Crippen LogP contribution in [0, 0.1) is 12.8 Å². The first-order chi connectivity index (χ1) is 13.5. The van der Waals surface area contributed by atoms with Gasteiger partial charge in [-0.2, -0.15) is 16.1 Å². The van der Waals surface area contributed by atoms with Gasteiger partial charge in [0.1, 0.15) is 4.21 Å². The summed E-state index contributed by atoms with van der Waals surface area (Å²) < 4.78 is 27.2. The fraction of sp³-hybridized carbons (Fsp3) is 0.450. The molecule has 3 rings (SSSR count). The molecule has 0 saturated carbocycles. The van der Waals surface area contributed by atoms with Crippen LogP contribution in [0.1, 0.15) is 24.0 Å². The van der Waals surface area contributed by atoms with Gasteiger partial charge in [-0.15, -0.1) is 11.3 Å². The molecule has 1 aliphatic heterocycles. The average molecular weight is 439 g/mol. The molecule has 0 aliphatic carbocycles. The van der Waals surface area contributed by atoms with Crippen LogP contribution < -0.4 is 5.32 Å². The van der Waals surface area contributed by atoms with Crippen LogP contribution in [0.3, 0.4) is 0 Å². The lowest BCUT2D eigenvalue weighted by Crippen LogP contribution is -2.45. The Hall–Kier alpha value is -1.35. The van der Waals surface area contributed by atoms with Gasteiger partial charge in [-0.05, 0) is 42.3 Å². The Labute approximate surface area is 175 Å². The van der Waals surface area contributed by atoms with Crippen molar-refractivity contribution >= 4 is 39.0 Å². The zero-order valence-electron chi connectivity index (χ0n) is 16.0. The van der Waals surface area contributed by atoms with E-state index in [-0.39, 0.29) is 18.4 Å². The lowest BCUT2D eigenvalue weighted by Gasteiger charge is -2.30. The van der Waals surface area contributed by atoms with Crippen LogP contribution in [-0.4, -0.2) is 44.0 Å².